The van der Waals surface area contributed by atoms with Gasteiger partial charge in [0.25, 0.3) is 5.69 Å². The summed E-state index contributed by atoms with van der Waals surface area (Å²) in [5, 5.41) is 10.9. The molecule has 0 saturated heterocycles. The third kappa shape index (κ3) is 3.81. The van der Waals surface area contributed by atoms with Crippen LogP contribution in [0.4, 0.5) is 5.69 Å². The number of carbonyl (C=O) groups is 1. The summed E-state index contributed by atoms with van der Waals surface area (Å²) in [5.41, 5.74) is 7.26. The minimum absolute atomic E-state index is 0.0286. The number of hydrogen-bond acceptors (Lipinski definition) is 5. The van der Waals surface area contributed by atoms with Crippen LogP contribution in [0, 0.1) is 17.0 Å². The van der Waals surface area contributed by atoms with Gasteiger partial charge in [-0.1, -0.05) is 11.6 Å². The van der Waals surface area contributed by atoms with Gasteiger partial charge in [0.05, 0.1) is 18.5 Å². The zero-order valence-corrected chi connectivity index (χ0v) is 10.4. The zero-order chi connectivity index (χ0) is 13.7. The Hall–Kier alpha value is -1.95. The van der Waals surface area contributed by atoms with E-state index in [9.17, 15) is 14.9 Å². The monoisotopic (exact) mass is 252 g/mol. The van der Waals surface area contributed by atoms with Crippen molar-refractivity contribution >= 4 is 11.7 Å². The summed E-state index contributed by atoms with van der Waals surface area (Å²) in [6, 6.07) is 4.36. The molecule has 0 saturated carbocycles. The van der Waals surface area contributed by atoms with Gasteiger partial charge >= 0.3 is 5.97 Å². The molecule has 1 unspecified atom stereocenters. The predicted molar refractivity (Wildman–Crippen MR) is 66.1 cm³/mol. The highest BCUT2D eigenvalue weighted by Gasteiger charge is 2.18. The first-order valence-electron chi connectivity index (χ1n) is 5.50. The van der Waals surface area contributed by atoms with E-state index >= 15 is 0 Å². The Morgan fingerprint density at radius 2 is 2.22 bits per heavy atom. The van der Waals surface area contributed by atoms with Gasteiger partial charge in [-0.3, -0.25) is 14.9 Å². The van der Waals surface area contributed by atoms with Crippen LogP contribution in [-0.4, -0.2) is 24.0 Å². The summed E-state index contributed by atoms with van der Waals surface area (Å²) in [5.74, 6) is -0.419. The molecule has 0 aliphatic heterocycles. The molecule has 0 heterocycles. The lowest BCUT2D eigenvalue weighted by Gasteiger charge is -2.11. The smallest absolute Gasteiger partial charge is 0.307 e. The third-order valence-electron chi connectivity index (χ3n) is 2.57. The van der Waals surface area contributed by atoms with Gasteiger partial charge in [-0.15, -0.1) is 0 Å². The van der Waals surface area contributed by atoms with Crippen LogP contribution in [0.2, 0.25) is 0 Å². The fourth-order valence-corrected chi connectivity index (χ4v) is 1.71. The first-order valence-corrected chi connectivity index (χ1v) is 5.50. The van der Waals surface area contributed by atoms with Gasteiger partial charge in [-0.05, 0) is 19.4 Å². The summed E-state index contributed by atoms with van der Waals surface area (Å²) in [6.07, 6.45) is 0.314. The van der Waals surface area contributed by atoms with E-state index in [-0.39, 0.29) is 18.5 Å². The summed E-state index contributed by atoms with van der Waals surface area (Å²) in [6.45, 7) is 1.85. The molecule has 6 heteroatoms. The molecule has 0 amide bonds. The second-order valence-electron chi connectivity index (χ2n) is 4.13. The molecule has 98 valence electrons. The van der Waals surface area contributed by atoms with Crippen molar-refractivity contribution in [2.24, 2.45) is 5.73 Å². The average molecular weight is 252 g/mol. The number of nitrogens with zero attached hydrogens (tertiary/aromatic N) is 1. The van der Waals surface area contributed by atoms with Crippen LogP contribution in [0.3, 0.4) is 0 Å². The number of methoxy groups -OCH3 is 1. The SMILES string of the molecule is COC(=O)CC(N)Cc1cc(C)ccc1[N+](=O)[O-]. The van der Waals surface area contributed by atoms with Crippen molar-refractivity contribution < 1.29 is 14.5 Å². The van der Waals surface area contributed by atoms with Crippen LogP contribution in [0.25, 0.3) is 0 Å². The van der Waals surface area contributed by atoms with Crippen molar-refractivity contribution in [3.63, 3.8) is 0 Å². The summed E-state index contributed by atoms with van der Waals surface area (Å²) >= 11 is 0. The van der Waals surface area contributed by atoms with Gasteiger partial charge in [0.1, 0.15) is 0 Å². The highest BCUT2D eigenvalue weighted by atomic mass is 16.6. The Balaban J connectivity index is 2.85. The van der Waals surface area contributed by atoms with Gasteiger partial charge in [0.15, 0.2) is 0 Å². The molecule has 2 N–H and O–H groups in total. The topological polar surface area (TPSA) is 95.5 Å². The number of nitrogens with two attached hydrogens (primary N) is 1. The maximum Gasteiger partial charge on any atom is 0.307 e. The highest BCUT2D eigenvalue weighted by molar-refractivity contribution is 5.70. The minimum atomic E-state index is -0.488. The van der Waals surface area contributed by atoms with E-state index in [1.54, 1.807) is 12.1 Å². The van der Waals surface area contributed by atoms with Crippen molar-refractivity contribution in [2.75, 3.05) is 7.11 Å². The van der Waals surface area contributed by atoms with Crippen molar-refractivity contribution in [3.05, 3.63) is 39.4 Å². The van der Waals surface area contributed by atoms with Gasteiger partial charge in [-0.2, -0.15) is 0 Å². The van der Waals surface area contributed by atoms with E-state index in [2.05, 4.69) is 4.74 Å². The van der Waals surface area contributed by atoms with E-state index in [1.165, 1.54) is 13.2 Å². The van der Waals surface area contributed by atoms with E-state index in [4.69, 9.17) is 5.73 Å². The lowest BCUT2D eigenvalue weighted by molar-refractivity contribution is -0.385. The predicted octanol–water partition coefficient (Wildman–Crippen LogP) is 1.34. The van der Waals surface area contributed by atoms with Crippen LogP contribution in [0.5, 0.6) is 0 Å². The molecule has 0 aliphatic carbocycles. The number of esters is 1. The molecule has 0 spiro atoms. The second-order valence-corrected chi connectivity index (χ2v) is 4.13. The van der Waals surface area contributed by atoms with E-state index in [0.717, 1.165) is 5.56 Å². The number of aryl methyl sites for hydroxylation is 1. The lowest BCUT2D eigenvalue weighted by atomic mass is 10.0. The molecular weight excluding hydrogens is 236 g/mol. The van der Waals surface area contributed by atoms with E-state index in [0.29, 0.717) is 5.56 Å². The maximum atomic E-state index is 11.1. The number of rotatable bonds is 5. The van der Waals surface area contributed by atoms with Gasteiger partial charge < -0.3 is 10.5 Å². The molecule has 0 aromatic heterocycles. The van der Waals surface area contributed by atoms with Crippen molar-refractivity contribution in [1.82, 2.24) is 0 Å². The largest absolute Gasteiger partial charge is 0.469 e. The normalized spacial score (nSPS) is 11.9. The molecule has 0 aliphatic rings. The quantitative estimate of drug-likeness (QED) is 0.484. The van der Waals surface area contributed by atoms with Crippen LogP contribution in [-0.2, 0) is 16.0 Å². The molecule has 0 radical (unpaired) electrons. The third-order valence-corrected chi connectivity index (χ3v) is 2.57. The first kappa shape index (κ1) is 14.1. The number of ether oxygens (including phenoxy) is 1. The molecule has 6 nitrogen and oxygen atoms in total. The molecule has 18 heavy (non-hydrogen) atoms. The molecule has 1 aromatic rings. The van der Waals surface area contributed by atoms with Gasteiger partial charge in [0.2, 0.25) is 0 Å². The zero-order valence-electron chi connectivity index (χ0n) is 10.4. The highest BCUT2D eigenvalue weighted by Crippen LogP contribution is 2.21. The Morgan fingerprint density at radius 1 is 1.56 bits per heavy atom. The standard InChI is InChI=1S/C12H16N2O4/c1-8-3-4-11(14(16)17)9(5-8)6-10(13)7-12(15)18-2/h3-5,10H,6-7,13H2,1-2H3. The Bertz CT molecular complexity index is 459. The van der Waals surface area contributed by atoms with Crippen molar-refractivity contribution in [2.45, 2.75) is 25.8 Å². The second kappa shape index (κ2) is 6.11. The summed E-state index contributed by atoms with van der Waals surface area (Å²) in [4.78, 5) is 21.5. The molecular formula is C12H16N2O4. The Labute approximate surface area is 105 Å². The van der Waals surface area contributed by atoms with E-state index < -0.39 is 16.9 Å². The van der Waals surface area contributed by atoms with Crippen LogP contribution in [0.1, 0.15) is 17.5 Å². The number of carbonyl (C=O) groups excluding carboxylic acids is 1. The fourth-order valence-electron chi connectivity index (χ4n) is 1.71. The van der Waals surface area contributed by atoms with Crippen molar-refractivity contribution in [3.8, 4) is 0 Å². The van der Waals surface area contributed by atoms with Crippen molar-refractivity contribution in [1.29, 1.82) is 0 Å². The lowest BCUT2D eigenvalue weighted by Crippen LogP contribution is -2.27. The summed E-state index contributed by atoms with van der Waals surface area (Å²) < 4.78 is 4.51. The number of hydrogen-bond donors (Lipinski definition) is 1. The fraction of sp³-hybridized carbons (Fsp3) is 0.417. The first-order chi connectivity index (χ1) is 8.43. The molecule has 0 bridgehead atoms. The number of nitro groups is 1. The van der Waals surface area contributed by atoms with Crippen LogP contribution >= 0.6 is 0 Å². The molecule has 1 aromatic carbocycles. The Morgan fingerprint density at radius 3 is 2.78 bits per heavy atom. The molecule has 1 rings (SSSR count). The van der Waals surface area contributed by atoms with Gasteiger partial charge in [0, 0.05) is 17.7 Å². The van der Waals surface area contributed by atoms with Gasteiger partial charge in [-0.25, -0.2) is 0 Å². The maximum absolute atomic E-state index is 11.1. The van der Waals surface area contributed by atoms with Crippen LogP contribution < -0.4 is 5.73 Å². The minimum Gasteiger partial charge on any atom is -0.469 e. The summed E-state index contributed by atoms with van der Waals surface area (Å²) in [7, 11) is 1.28. The van der Waals surface area contributed by atoms with E-state index in [1.807, 2.05) is 6.92 Å². The Kier molecular flexibility index (Phi) is 4.79. The number of nitro benzene ring substituents is 1. The number of benzene rings is 1. The molecule has 1 atom stereocenters. The van der Waals surface area contributed by atoms with Crippen LogP contribution in [0.15, 0.2) is 18.2 Å². The molecule has 0 fully saturated rings. The average Bonchev–Trinajstić information content (AvgIpc) is 2.28.